The molecule has 17 heavy (non-hydrogen) atoms. The SMILES string of the molecule is CC(O)CNC(=O)C(C)(C)c1ccc(F)cc1. The first-order chi connectivity index (χ1) is 7.84. The van der Waals surface area contributed by atoms with Crippen molar-refractivity contribution in [2.45, 2.75) is 32.3 Å². The Bertz CT molecular complexity index is 385. The molecule has 1 aromatic carbocycles. The molecular formula is C13H18FNO2. The number of halogens is 1. The monoisotopic (exact) mass is 239 g/mol. The molecule has 0 saturated heterocycles. The molecule has 0 aromatic heterocycles. The molecule has 94 valence electrons. The number of aliphatic hydroxyl groups is 1. The standard InChI is InChI=1S/C13H18FNO2/c1-9(16)8-15-12(17)13(2,3)10-4-6-11(14)7-5-10/h4-7,9,16H,8H2,1-3H3,(H,15,17). The van der Waals surface area contributed by atoms with Crippen molar-refractivity contribution in [2.75, 3.05) is 6.54 Å². The summed E-state index contributed by atoms with van der Waals surface area (Å²) in [6, 6.07) is 5.85. The summed E-state index contributed by atoms with van der Waals surface area (Å²) >= 11 is 0. The number of aliphatic hydroxyl groups excluding tert-OH is 1. The van der Waals surface area contributed by atoms with E-state index in [2.05, 4.69) is 5.32 Å². The Morgan fingerprint density at radius 2 is 1.94 bits per heavy atom. The van der Waals surface area contributed by atoms with Crippen LogP contribution in [0.15, 0.2) is 24.3 Å². The Kier molecular flexibility index (Phi) is 4.23. The first kappa shape index (κ1) is 13.6. The van der Waals surface area contributed by atoms with Crippen LogP contribution in [0.25, 0.3) is 0 Å². The molecule has 0 radical (unpaired) electrons. The highest BCUT2D eigenvalue weighted by molar-refractivity contribution is 5.87. The number of hydrogen-bond donors (Lipinski definition) is 2. The third-order valence-corrected chi connectivity index (χ3v) is 2.69. The summed E-state index contributed by atoms with van der Waals surface area (Å²) in [7, 11) is 0. The number of carbonyl (C=O) groups is 1. The van der Waals surface area contributed by atoms with E-state index < -0.39 is 11.5 Å². The Hall–Kier alpha value is -1.42. The number of rotatable bonds is 4. The van der Waals surface area contributed by atoms with Gasteiger partial charge in [0.1, 0.15) is 5.82 Å². The Labute approximate surface area is 101 Å². The molecule has 0 aliphatic carbocycles. The van der Waals surface area contributed by atoms with Crippen molar-refractivity contribution in [3.63, 3.8) is 0 Å². The van der Waals surface area contributed by atoms with Crippen molar-refractivity contribution in [1.29, 1.82) is 0 Å². The first-order valence-corrected chi connectivity index (χ1v) is 5.56. The van der Waals surface area contributed by atoms with E-state index in [0.717, 1.165) is 5.56 Å². The third-order valence-electron chi connectivity index (χ3n) is 2.69. The van der Waals surface area contributed by atoms with Crippen LogP contribution in [0.3, 0.4) is 0 Å². The molecule has 0 saturated carbocycles. The lowest BCUT2D eigenvalue weighted by atomic mass is 9.83. The van der Waals surface area contributed by atoms with Gasteiger partial charge in [-0.1, -0.05) is 12.1 Å². The van der Waals surface area contributed by atoms with Gasteiger partial charge in [0.25, 0.3) is 0 Å². The average Bonchev–Trinajstić information content (AvgIpc) is 2.26. The van der Waals surface area contributed by atoms with Gasteiger partial charge in [-0.3, -0.25) is 4.79 Å². The third kappa shape index (κ3) is 3.53. The highest BCUT2D eigenvalue weighted by atomic mass is 19.1. The maximum atomic E-state index is 12.8. The zero-order valence-corrected chi connectivity index (χ0v) is 10.3. The lowest BCUT2D eigenvalue weighted by Crippen LogP contribution is -2.42. The summed E-state index contributed by atoms with van der Waals surface area (Å²) in [5.74, 6) is -0.515. The van der Waals surface area contributed by atoms with Crippen LogP contribution in [0.1, 0.15) is 26.3 Å². The first-order valence-electron chi connectivity index (χ1n) is 5.56. The molecule has 0 heterocycles. The molecule has 0 aliphatic heterocycles. The molecule has 2 N–H and O–H groups in total. The van der Waals surface area contributed by atoms with Crippen LogP contribution in [0, 0.1) is 5.82 Å². The van der Waals surface area contributed by atoms with Gasteiger partial charge in [0.2, 0.25) is 5.91 Å². The molecular weight excluding hydrogens is 221 g/mol. The number of hydrogen-bond acceptors (Lipinski definition) is 2. The van der Waals surface area contributed by atoms with Crippen LogP contribution in [-0.2, 0) is 10.2 Å². The zero-order valence-electron chi connectivity index (χ0n) is 10.3. The lowest BCUT2D eigenvalue weighted by molar-refractivity contribution is -0.126. The molecule has 0 fully saturated rings. The minimum Gasteiger partial charge on any atom is -0.392 e. The molecule has 1 unspecified atom stereocenters. The minimum atomic E-state index is -0.747. The zero-order chi connectivity index (χ0) is 13.1. The fourth-order valence-corrected chi connectivity index (χ4v) is 1.46. The van der Waals surface area contributed by atoms with Crippen LogP contribution in [0.4, 0.5) is 4.39 Å². The van der Waals surface area contributed by atoms with Gasteiger partial charge in [-0.05, 0) is 38.5 Å². The predicted octanol–water partition coefficient (Wildman–Crippen LogP) is 1.60. The smallest absolute Gasteiger partial charge is 0.230 e. The number of nitrogens with one attached hydrogen (secondary N) is 1. The highest BCUT2D eigenvalue weighted by Gasteiger charge is 2.29. The van der Waals surface area contributed by atoms with E-state index >= 15 is 0 Å². The summed E-state index contributed by atoms with van der Waals surface area (Å²) in [6.45, 7) is 5.34. The molecule has 3 nitrogen and oxygen atoms in total. The van der Waals surface area contributed by atoms with Crippen molar-refractivity contribution >= 4 is 5.91 Å². The molecule has 0 bridgehead atoms. The summed E-state index contributed by atoms with van der Waals surface area (Å²) in [5.41, 5.74) is -0.00947. The fourth-order valence-electron chi connectivity index (χ4n) is 1.46. The Morgan fingerprint density at radius 1 is 1.41 bits per heavy atom. The Morgan fingerprint density at radius 3 is 2.41 bits per heavy atom. The molecule has 1 atom stereocenters. The Balaban J connectivity index is 2.79. The van der Waals surface area contributed by atoms with E-state index in [9.17, 15) is 9.18 Å². The second-order valence-electron chi connectivity index (χ2n) is 4.69. The number of carbonyl (C=O) groups excluding carboxylic acids is 1. The van der Waals surface area contributed by atoms with Gasteiger partial charge in [0.05, 0.1) is 11.5 Å². The van der Waals surface area contributed by atoms with Gasteiger partial charge in [-0.2, -0.15) is 0 Å². The summed E-state index contributed by atoms with van der Waals surface area (Å²) < 4.78 is 12.8. The topological polar surface area (TPSA) is 49.3 Å². The van der Waals surface area contributed by atoms with Crippen LogP contribution in [-0.4, -0.2) is 23.7 Å². The molecule has 0 aliphatic rings. The van der Waals surface area contributed by atoms with Gasteiger partial charge in [0, 0.05) is 6.54 Å². The lowest BCUT2D eigenvalue weighted by Gasteiger charge is -2.24. The molecule has 1 amide bonds. The van der Waals surface area contributed by atoms with Crippen LogP contribution < -0.4 is 5.32 Å². The quantitative estimate of drug-likeness (QED) is 0.838. The molecule has 4 heteroatoms. The summed E-state index contributed by atoms with van der Waals surface area (Å²) in [6.07, 6.45) is -0.581. The maximum absolute atomic E-state index is 12.8. The van der Waals surface area contributed by atoms with Crippen LogP contribution >= 0.6 is 0 Å². The minimum absolute atomic E-state index is 0.190. The largest absolute Gasteiger partial charge is 0.392 e. The van der Waals surface area contributed by atoms with Gasteiger partial charge >= 0.3 is 0 Å². The summed E-state index contributed by atoms with van der Waals surface area (Å²) in [5, 5.41) is 11.8. The highest BCUT2D eigenvalue weighted by Crippen LogP contribution is 2.23. The van der Waals surface area contributed by atoms with Gasteiger partial charge in [-0.15, -0.1) is 0 Å². The van der Waals surface area contributed by atoms with Crippen molar-refractivity contribution < 1.29 is 14.3 Å². The second kappa shape index (κ2) is 5.27. The van der Waals surface area contributed by atoms with Gasteiger partial charge < -0.3 is 10.4 Å². The molecule has 0 spiro atoms. The van der Waals surface area contributed by atoms with Crippen molar-refractivity contribution in [3.8, 4) is 0 Å². The normalized spacial score (nSPS) is 13.2. The van der Waals surface area contributed by atoms with Crippen molar-refractivity contribution in [1.82, 2.24) is 5.32 Å². The average molecular weight is 239 g/mol. The number of benzene rings is 1. The van der Waals surface area contributed by atoms with Crippen molar-refractivity contribution in [2.24, 2.45) is 0 Å². The van der Waals surface area contributed by atoms with Crippen molar-refractivity contribution in [3.05, 3.63) is 35.6 Å². The molecule has 1 rings (SSSR count). The van der Waals surface area contributed by atoms with E-state index in [1.54, 1.807) is 32.9 Å². The maximum Gasteiger partial charge on any atom is 0.230 e. The van der Waals surface area contributed by atoms with Gasteiger partial charge in [-0.25, -0.2) is 4.39 Å². The van der Waals surface area contributed by atoms with Crippen LogP contribution in [0.5, 0.6) is 0 Å². The van der Waals surface area contributed by atoms with E-state index in [1.165, 1.54) is 12.1 Å². The second-order valence-corrected chi connectivity index (χ2v) is 4.69. The number of amides is 1. The fraction of sp³-hybridized carbons (Fsp3) is 0.462. The van der Waals surface area contributed by atoms with E-state index in [4.69, 9.17) is 5.11 Å². The van der Waals surface area contributed by atoms with Gasteiger partial charge in [0.15, 0.2) is 0 Å². The predicted molar refractivity (Wildman–Crippen MR) is 64.1 cm³/mol. The van der Waals surface area contributed by atoms with E-state index in [0.29, 0.717) is 0 Å². The van der Waals surface area contributed by atoms with E-state index in [1.807, 2.05) is 0 Å². The van der Waals surface area contributed by atoms with E-state index in [-0.39, 0.29) is 18.3 Å². The summed E-state index contributed by atoms with van der Waals surface area (Å²) in [4.78, 5) is 11.9. The van der Waals surface area contributed by atoms with Crippen LogP contribution in [0.2, 0.25) is 0 Å². The molecule has 1 aromatic rings.